The van der Waals surface area contributed by atoms with Gasteiger partial charge < -0.3 is 5.32 Å². The zero-order chi connectivity index (χ0) is 11.5. The average molecular weight is 245 g/mol. The van der Waals surface area contributed by atoms with Crippen molar-refractivity contribution >= 4 is 11.3 Å². The van der Waals surface area contributed by atoms with Crippen molar-refractivity contribution in [2.45, 2.75) is 25.3 Å². The lowest BCUT2D eigenvalue weighted by atomic mass is 10.1. The van der Waals surface area contributed by atoms with Gasteiger partial charge in [-0.3, -0.25) is 4.98 Å². The topological polar surface area (TPSA) is 37.8 Å². The SMILES string of the molecule is c1cncc(-c2csc([C@H]3CCCCN3)n2)c1. The van der Waals surface area contributed by atoms with Crippen LogP contribution in [-0.4, -0.2) is 16.5 Å². The molecule has 0 aliphatic carbocycles. The zero-order valence-electron chi connectivity index (χ0n) is 9.60. The molecule has 17 heavy (non-hydrogen) atoms. The van der Waals surface area contributed by atoms with Gasteiger partial charge in [-0.25, -0.2) is 4.98 Å². The first-order valence-electron chi connectivity index (χ1n) is 6.03. The molecule has 0 saturated carbocycles. The molecule has 3 nitrogen and oxygen atoms in total. The van der Waals surface area contributed by atoms with Crippen molar-refractivity contribution < 1.29 is 0 Å². The van der Waals surface area contributed by atoms with Gasteiger partial charge in [0.1, 0.15) is 5.01 Å². The lowest BCUT2D eigenvalue weighted by Gasteiger charge is -2.21. The molecule has 0 radical (unpaired) electrons. The molecule has 1 saturated heterocycles. The fraction of sp³-hybridized carbons (Fsp3) is 0.385. The molecule has 1 N–H and O–H groups in total. The minimum Gasteiger partial charge on any atom is -0.308 e. The molecule has 1 aliphatic heterocycles. The molecule has 3 rings (SSSR count). The molecule has 1 aliphatic rings. The molecular formula is C13H15N3S. The molecule has 0 bridgehead atoms. The van der Waals surface area contributed by atoms with E-state index in [2.05, 4.69) is 21.7 Å². The van der Waals surface area contributed by atoms with E-state index < -0.39 is 0 Å². The molecule has 4 heteroatoms. The second-order valence-corrected chi connectivity index (χ2v) is 5.20. The van der Waals surface area contributed by atoms with Gasteiger partial charge in [0.2, 0.25) is 0 Å². The molecule has 88 valence electrons. The highest BCUT2D eigenvalue weighted by Crippen LogP contribution is 2.29. The highest BCUT2D eigenvalue weighted by molar-refractivity contribution is 7.10. The number of hydrogen-bond acceptors (Lipinski definition) is 4. The predicted octanol–water partition coefficient (Wildman–Crippen LogP) is 3.02. The quantitative estimate of drug-likeness (QED) is 0.883. The molecule has 0 amide bonds. The number of piperidine rings is 1. The maximum absolute atomic E-state index is 4.72. The Morgan fingerprint density at radius 3 is 3.12 bits per heavy atom. The van der Waals surface area contributed by atoms with Gasteiger partial charge in [0.05, 0.1) is 11.7 Å². The van der Waals surface area contributed by atoms with Crippen molar-refractivity contribution in [3.63, 3.8) is 0 Å². The van der Waals surface area contributed by atoms with E-state index >= 15 is 0 Å². The van der Waals surface area contributed by atoms with Crippen LogP contribution in [0, 0.1) is 0 Å². The number of hydrogen-bond donors (Lipinski definition) is 1. The fourth-order valence-corrected chi connectivity index (χ4v) is 3.09. The van der Waals surface area contributed by atoms with Crippen molar-refractivity contribution in [1.82, 2.24) is 15.3 Å². The molecular weight excluding hydrogens is 230 g/mol. The first kappa shape index (κ1) is 10.9. The number of aromatic nitrogens is 2. The van der Waals surface area contributed by atoms with E-state index in [4.69, 9.17) is 4.98 Å². The van der Waals surface area contributed by atoms with Gasteiger partial charge in [-0.1, -0.05) is 6.42 Å². The Hall–Kier alpha value is -1.26. The van der Waals surface area contributed by atoms with E-state index in [1.165, 1.54) is 24.3 Å². The molecule has 1 atom stereocenters. The summed E-state index contributed by atoms with van der Waals surface area (Å²) in [5, 5.41) is 6.87. The Balaban J connectivity index is 1.83. The summed E-state index contributed by atoms with van der Waals surface area (Å²) in [5.74, 6) is 0. The van der Waals surface area contributed by atoms with Crippen LogP contribution in [0.5, 0.6) is 0 Å². The van der Waals surface area contributed by atoms with Crippen LogP contribution in [0.15, 0.2) is 29.9 Å². The van der Waals surface area contributed by atoms with Crippen LogP contribution in [0.3, 0.4) is 0 Å². The molecule has 2 aromatic rings. The van der Waals surface area contributed by atoms with Crippen LogP contribution in [0.2, 0.25) is 0 Å². The van der Waals surface area contributed by atoms with Crippen LogP contribution in [0.1, 0.15) is 30.3 Å². The second-order valence-electron chi connectivity index (χ2n) is 4.32. The standard InChI is InChI=1S/C13H15N3S/c1-2-7-15-11(5-1)13-16-12(9-17-13)10-4-3-6-14-8-10/h3-4,6,8-9,11,15H,1-2,5,7H2/t11-/m1/s1. The summed E-state index contributed by atoms with van der Waals surface area (Å²) in [5.41, 5.74) is 2.15. The number of pyridine rings is 1. The minimum absolute atomic E-state index is 0.458. The fourth-order valence-electron chi connectivity index (χ4n) is 2.16. The molecule has 0 unspecified atom stereocenters. The molecule has 2 aromatic heterocycles. The molecule has 1 fully saturated rings. The summed E-state index contributed by atoms with van der Waals surface area (Å²) in [6, 6.07) is 4.46. The first-order chi connectivity index (χ1) is 8.43. The summed E-state index contributed by atoms with van der Waals surface area (Å²) in [6.45, 7) is 1.12. The highest BCUT2D eigenvalue weighted by atomic mass is 32.1. The van der Waals surface area contributed by atoms with Crippen molar-refractivity contribution in [2.24, 2.45) is 0 Å². The van der Waals surface area contributed by atoms with Gasteiger partial charge in [-0.05, 0) is 31.5 Å². The summed E-state index contributed by atoms with van der Waals surface area (Å²) in [4.78, 5) is 8.85. The smallest absolute Gasteiger partial charge is 0.110 e. The van der Waals surface area contributed by atoms with Crippen LogP contribution in [0.25, 0.3) is 11.3 Å². The van der Waals surface area contributed by atoms with Crippen molar-refractivity contribution in [3.8, 4) is 11.3 Å². The lowest BCUT2D eigenvalue weighted by molar-refractivity contribution is 0.411. The molecule has 0 aromatic carbocycles. The van der Waals surface area contributed by atoms with E-state index in [9.17, 15) is 0 Å². The van der Waals surface area contributed by atoms with E-state index in [1.54, 1.807) is 17.5 Å². The maximum atomic E-state index is 4.72. The van der Waals surface area contributed by atoms with E-state index in [-0.39, 0.29) is 0 Å². The summed E-state index contributed by atoms with van der Waals surface area (Å²) in [6.07, 6.45) is 7.46. The van der Waals surface area contributed by atoms with Gasteiger partial charge >= 0.3 is 0 Å². The Kier molecular flexibility index (Phi) is 3.16. The van der Waals surface area contributed by atoms with Crippen molar-refractivity contribution in [1.29, 1.82) is 0 Å². The Labute approximate surface area is 105 Å². The van der Waals surface area contributed by atoms with Gasteiger partial charge in [-0.2, -0.15) is 0 Å². The summed E-state index contributed by atoms with van der Waals surface area (Å²) >= 11 is 1.75. The van der Waals surface area contributed by atoms with E-state index in [0.29, 0.717) is 6.04 Å². The van der Waals surface area contributed by atoms with Gasteiger partial charge in [0, 0.05) is 23.3 Å². The number of nitrogens with one attached hydrogen (secondary N) is 1. The van der Waals surface area contributed by atoms with E-state index in [1.807, 2.05) is 12.3 Å². The third kappa shape index (κ3) is 2.37. The minimum atomic E-state index is 0.458. The molecule has 3 heterocycles. The predicted molar refractivity (Wildman–Crippen MR) is 69.9 cm³/mol. The summed E-state index contributed by atoms with van der Waals surface area (Å²) in [7, 11) is 0. The van der Waals surface area contributed by atoms with Crippen molar-refractivity contribution in [2.75, 3.05) is 6.54 Å². The van der Waals surface area contributed by atoms with Crippen LogP contribution >= 0.6 is 11.3 Å². The van der Waals surface area contributed by atoms with E-state index in [0.717, 1.165) is 17.8 Å². The highest BCUT2D eigenvalue weighted by Gasteiger charge is 2.18. The molecule has 0 spiro atoms. The van der Waals surface area contributed by atoms with Crippen LogP contribution in [0.4, 0.5) is 0 Å². The van der Waals surface area contributed by atoms with Crippen LogP contribution < -0.4 is 5.32 Å². The van der Waals surface area contributed by atoms with Gasteiger partial charge in [0.25, 0.3) is 0 Å². The Morgan fingerprint density at radius 1 is 1.35 bits per heavy atom. The van der Waals surface area contributed by atoms with Gasteiger partial charge in [-0.15, -0.1) is 11.3 Å². The largest absolute Gasteiger partial charge is 0.308 e. The number of rotatable bonds is 2. The summed E-state index contributed by atoms with van der Waals surface area (Å²) < 4.78 is 0. The normalized spacial score (nSPS) is 20.4. The zero-order valence-corrected chi connectivity index (χ0v) is 10.4. The average Bonchev–Trinajstić information content (AvgIpc) is 2.90. The third-order valence-electron chi connectivity index (χ3n) is 3.09. The third-order valence-corrected chi connectivity index (χ3v) is 4.05. The van der Waals surface area contributed by atoms with Gasteiger partial charge in [0.15, 0.2) is 0 Å². The Morgan fingerprint density at radius 2 is 2.35 bits per heavy atom. The van der Waals surface area contributed by atoms with Crippen molar-refractivity contribution in [3.05, 3.63) is 34.9 Å². The number of nitrogens with zero attached hydrogens (tertiary/aromatic N) is 2. The lowest BCUT2D eigenvalue weighted by Crippen LogP contribution is -2.26. The second kappa shape index (κ2) is 4.94. The van der Waals surface area contributed by atoms with Crippen LogP contribution in [-0.2, 0) is 0 Å². The first-order valence-corrected chi connectivity index (χ1v) is 6.90. The number of thiazole rings is 1. The maximum Gasteiger partial charge on any atom is 0.110 e. The monoisotopic (exact) mass is 245 g/mol. The Bertz CT molecular complexity index is 474.